The van der Waals surface area contributed by atoms with Crippen molar-refractivity contribution in [3.05, 3.63) is 83.7 Å². The number of aromatic nitrogens is 4. The molecule has 1 N–H and O–H groups in total. The van der Waals surface area contributed by atoms with Gasteiger partial charge in [0.15, 0.2) is 11.8 Å². The number of amides is 2. The normalized spacial score (nSPS) is 16.7. The van der Waals surface area contributed by atoms with Crippen LogP contribution in [0.3, 0.4) is 0 Å². The van der Waals surface area contributed by atoms with Crippen LogP contribution in [0.25, 0.3) is 16.9 Å². The average molecular weight is 517 g/mol. The summed E-state index contributed by atoms with van der Waals surface area (Å²) >= 11 is 0. The Bertz CT molecular complexity index is 1470. The molecule has 196 valence electrons. The second-order valence-electron chi connectivity index (χ2n) is 9.86. The fraction of sp³-hybridized carbons (Fsp3) is 0.321. The summed E-state index contributed by atoms with van der Waals surface area (Å²) in [7, 11) is 0. The molecule has 2 amide bonds. The van der Waals surface area contributed by atoms with Crippen molar-refractivity contribution in [1.29, 1.82) is 0 Å². The first-order valence-electron chi connectivity index (χ1n) is 12.6. The van der Waals surface area contributed by atoms with Gasteiger partial charge >= 0.3 is 0 Å². The highest BCUT2D eigenvalue weighted by molar-refractivity contribution is 5.93. The molecule has 1 saturated heterocycles. The van der Waals surface area contributed by atoms with Crippen molar-refractivity contribution in [2.75, 3.05) is 19.6 Å². The van der Waals surface area contributed by atoms with Gasteiger partial charge in [0.25, 0.3) is 11.8 Å². The highest BCUT2D eigenvalue weighted by Crippen LogP contribution is 2.27. The average Bonchev–Trinajstić information content (AvgIpc) is 3.36. The van der Waals surface area contributed by atoms with Crippen molar-refractivity contribution in [1.82, 2.24) is 29.4 Å². The summed E-state index contributed by atoms with van der Waals surface area (Å²) in [5, 5.41) is 15.2. The number of hydrogen-bond donors (Lipinski definition) is 1. The van der Waals surface area contributed by atoms with E-state index in [9.17, 15) is 19.1 Å². The van der Waals surface area contributed by atoms with E-state index in [0.717, 1.165) is 11.1 Å². The molecule has 1 aliphatic rings. The molecule has 0 spiro atoms. The second kappa shape index (κ2) is 10.3. The first-order chi connectivity index (χ1) is 18.2. The van der Waals surface area contributed by atoms with Crippen LogP contribution in [0.2, 0.25) is 0 Å². The van der Waals surface area contributed by atoms with E-state index in [-0.39, 0.29) is 29.4 Å². The van der Waals surface area contributed by atoms with Gasteiger partial charge in [0.05, 0.1) is 11.9 Å². The van der Waals surface area contributed by atoms with Crippen molar-refractivity contribution in [2.24, 2.45) is 0 Å². The van der Waals surface area contributed by atoms with Crippen LogP contribution in [0.15, 0.2) is 61.1 Å². The molecule has 4 heterocycles. The lowest BCUT2D eigenvalue weighted by atomic mass is 10.0. The minimum Gasteiger partial charge on any atom is -0.378 e. The molecule has 0 bridgehead atoms. The number of pyridine rings is 1. The van der Waals surface area contributed by atoms with Gasteiger partial charge in [-0.05, 0) is 49.2 Å². The van der Waals surface area contributed by atoms with Crippen LogP contribution in [-0.4, -0.2) is 72.0 Å². The smallest absolute Gasteiger partial charge is 0.274 e. The van der Waals surface area contributed by atoms with Gasteiger partial charge in [0, 0.05) is 54.8 Å². The third-order valence-electron chi connectivity index (χ3n) is 6.87. The van der Waals surface area contributed by atoms with Crippen molar-refractivity contribution >= 4 is 17.5 Å². The second-order valence-corrected chi connectivity index (χ2v) is 9.86. The molecular weight excluding hydrogens is 487 g/mol. The van der Waals surface area contributed by atoms with Gasteiger partial charge in [-0.25, -0.2) is 13.9 Å². The quantitative estimate of drug-likeness (QED) is 0.436. The predicted octanol–water partition coefficient (Wildman–Crippen LogP) is 3.46. The largest absolute Gasteiger partial charge is 0.378 e. The van der Waals surface area contributed by atoms with Gasteiger partial charge < -0.3 is 14.9 Å². The zero-order valence-electron chi connectivity index (χ0n) is 21.5. The van der Waals surface area contributed by atoms with Gasteiger partial charge in [0.1, 0.15) is 11.5 Å². The number of nitrogens with zero attached hydrogens (tertiary/aromatic N) is 6. The molecule has 38 heavy (non-hydrogen) atoms. The van der Waals surface area contributed by atoms with Gasteiger partial charge in [-0.2, -0.15) is 5.10 Å². The standard InChI is InChI=1S/C28H29FN6O3/c1-17(2)22-13-23(19-6-8-21(29)9-7-19)32-35-16-24(31-26(22)35)27(37)33-11-12-34(18(3)15-33)28(38)25(36)20-5-4-10-30-14-20/h4-10,13-14,16-18,25,36H,11-12,15H2,1-3H3/t18-,25?/m0/s1. The molecule has 1 aliphatic heterocycles. The van der Waals surface area contributed by atoms with Crippen LogP contribution in [0.1, 0.15) is 54.4 Å². The Hall–Kier alpha value is -4.18. The highest BCUT2D eigenvalue weighted by atomic mass is 19.1. The van der Waals surface area contributed by atoms with Crippen LogP contribution < -0.4 is 0 Å². The summed E-state index contributed by atoms with van der Waals surface area (Å²) in [5.41, 5.74) is 3.63. The van der Waals surface area contributed by atoms with E-state index >= 15 is 0 Å². The molecule has 1 fully saturated rings. The number of carbonyl (C=O) groups excluding carboxylic acids is 2. The molecule has 0 radical (unpaired) electrons. The minimum absolute atomic E-state index is 0.117. The Balaban J connectivity index is 1.36. The number of piperazine rings is 1. The van der Waals surface area contributed by atoms with Crippen LogP contribution in [-0.2, 0) is 4.79 Å². The molecule has 3 aromatic heterocycles. The Kier molecular flexibility index (Phi) is 6.90. The Labute approximate surface area is 219 Å². The van der Waals surface area contributed by atoms with Crippen molar-refractivity contribution < 1.29 is 19.1 Å². The minimum atomic E-state index is -1.30. The fourth-order valence-corrected chi connectivity index (χ4v) is 4.76. The van der Waals surface area contributed by atoms with Crippen molar-refractivity contribution in [3.8, 4) is 11.3 Å². The van der Waals surface area contributed by atoms with Gasteiger partial charge in [-0.15, -0.1) is 0 Å². The summed E-state index contributed by atoms with van der Waals surface area (Å²) in [5.74, 6) is -0.868. The maximum absolute atomic E-state index is 13.4. The number of hydrogen-bond acceptors (Lipinski definition) is 6. The van der Waals surface area contributed by atoms with E-state index in [4.69, 9.17) is 0 Å². The Morgan fingerprint density at radius 1 is 1.13 bits per heavy atom. The van der Waals surface area contributed by atoms with E-state index < -0.39 is 12.0 Å². The highest BCUT2D eigenvalue weighted by Gasteiger charge is 2.34. The van der Waals surface area contributed by atoms with E-state index in [1.165, 1.54) is 18.3 Å². The Morgan fingerprint density at radius 2 is 1.89 bits per heavy atom. The van der Waals surface area contributed by atoms with Gasteiger partial charge in [-0.1, -0.05) is 19.9 Å². The zero-order valence-corrected chi connectivity index (χ0v) is 21.5. The summed E-state index contributed by atoms with van der Waals surface area (Å²) in [4.78, 5) is 38.2. The first-order valence-corrected chi connectivity index (χ1v) is 12.6. The topological polar surface area (TPSA) is 104 Å². The van der Waals surface area contributed by atoms with Gasteiger partial charge in [0.2, 0.25) is 0 Å². The molecule has 5 rings (SSSR count). The number of imidazole rings is 1. The molecule has 0 aliphatic carbocycles. The summed E-state index contributed by atoms with van der Waals surface area (Å²) in [6, 6.07) is 11.1. The van der Waals surface area contributed by atoms with Crippen molar-refractivity contribution in [3.63, 3.8) is 0 Å². The van der Waals surface area contributed by atoms with Crippen LogP contribution in [0, 0.1) is 5.82 Å². The summed E-state index contributed by atoms with van der Waals surface area (Å²) in [6.45, 7) is 6.85. The van der Waals surface area contributed by atoms with Crippen LogP contribution in [0.5, 0.6) is 0 Å². The predicted molar refractivity (Wildman–Crippen MR) is 139 cm³/mol. The summed E-state index contributed by atoms with van der Waals surface area (Å²) in [6.07, 6.45) is 3.36. The maximum Gasteiger partial charge on any atom is 0.274 e. The number of aliphatic hydroxyl groups is 1. The molecular formula is C28H29FN6O3. The number of halogens is 1. The monoisotopic (exact) mass is 516 g/mol. The summed E-state index contributed by atoms with van der Waals surface area (Å²) < 4.78 is 15.0. The number of carbonyl (C=O) groups is 2. The van der Waals surface area contributed by atoms with Crippen LogP contribution in [0.4, 0.5) is 4.39 Å². The Morgan fingerprint density at radius 3 is 2.55 bits per heavy atom. The third kappa shape index (κ3) is 4.87. The van der Waals surface area contributed by atoms with E-state index in [0.29, 0.717) is 36.5 Å². The number of aliphatic hydroxyl groups excluding tert-OH is 1. The molecule has 1 unspecified atom stereocenters. The first kappa shape index (κ1) is 25.5. The van der Waals surface area contributed by atoms with Crippen LogP contribution >= 0.6 is 0 Å². The lowest BCUT2D eigenvalue weighted by Crippen LogP contribution is -2.56. The number of fused-ring (bicyclic) bond motifs is 1. The zero-order chi connectivity index (χ0) is 27.0. The van der Waals surface area contributed by atoms with E-state index in [1.54, 1.807) is 51.0 Å². The van der Waals surface area contributed by atoms with E-state index in [1.807, 2.05) is 26.8 Å². The number of rotatable bonds is 5. The fourth-order valence-electron chi connectivity index (χ4n) is 4.76. The molecule has 9 nitrogen and oxygen atoms in total. The lowest BCUT2D eigenvalue weighted by Gasteiger charge is -2.40. The lowest BCUT2D eigenvalue weighted by molar-refractivity contribution is -0.144. The molecule has 0 saturated carbocycles. The number of benzene rings is 1. The third-order valence-corrected chi connectivity index (χ3v) is 6.87. The van der Waals surface area contributed by atoms with E-state index in [2.05, 4.69) is 15.1 Å². The molecule has 2 atom stereocenters. The van der Waals surface area contributed by atoms with Gasteiger partial charge in [-0.3, -0.25) is 14.6 Å². The SMILES string of the molecule is CC(C)c1cc(-c2ccc(F)cc2)nn2cc(C(=O)N3CCN(C(=O)C(O)c4cccnc4)[C@@H](C)C3)nc12. The maximum atomic E-state index is 13.4. The molecule has 4 aromatic rings. The molecule has 1 aromatic carbocycles. The van der Waals surface area contributed by atoms with Crippen molar-refractivity contribution in [2.45, 2.75) is 38.8 Å². The molecule has 10 heteroatoms.